The van der Waals surface area contributed by atoms with Gasteiger partial charge in [-0.3, -0.25) is 14.5 Å². The fourth-order valence-corrected chi connectivity index (χ4v) is 6.35. The Morgan fingerprint density at radius 1 is 1.15 bits per heavy atom. The van der Waals surface area contributed by atoms with Crippen LogP contribution in [0.25, 0.3) is 0 Å². The first-order chi connectivity index (χ1) is 16.2. The number of rotatable bonds is 6. The number of hydrogen-bond donors (Lipinski definition) is 0. The molecule has 1 saturated heterocycles. The lowest BCUT2D eigenvalue weighted by molar-refractivity contribution is -0.141. The van der Waals surface area contributed by atoms with Crippen LogP contribution in [0.2, 0.25) is 0 Å². The average Bonchev–Trinajstić information content (AvgIpc) is 3.41. The van der Waals surface area contributed by atoms with Gasteiger partial charge in [-0.25, -0.2) is 9.67 Å². The lowest BCUT2D eigenvalue weighted by Crippen LogP contribution is -2.48. The van der Waals surface area contributed by atoms with E-state index in [4.69, 9.17) is 0 Å². The van der Waals surface area contributed by atoms with Gasteiger partial charge in [0.1, 0.15) is 0 Å². The Hall–Kier alpha value is -1.92. The monoisotopic (exact) mass is 515 g/mol. The van der Waals surface area contributed by atoms with Gasteiger partial charge in [-0.1, -0.05) is 31.0 Å². The fourth-order valence-electron chi connectivity index (χ4n) is 4.30. The first-order valence-electron chi connectivity index (χ1n) is 11.5. The molecule has 3 heterocycles. The first kappa shape index (κ1) is 25.2. The number of thioether (sulfide) groups is 1. The van der Waals surface area contributed by atoms with Crippen molar-refractivity contribution in [1.82, 2.24) is 19.7 Å². The zero-order valence-corrected chi connectivity index (χ0v) is 20.6. The van der Waals surface area contributed by atoms with Crippen molar-refractivity contribution in [2.45, 2.75) is 56.9 Å². The lowest BCUT2D eigenvalue weighted by Gasteiger charge is -2.34. The normalized spacial score (nSPS) is 18.4. The third-order valence-electron chi connectivity index (χ3n) is 6.13. The Balaban J connectivity index is 1.25. The van der Waals surface area contributed by atoms with Gasteiger partial charge in [0.2, 0.25) is 0 Å². The van der Waals surface area contributed by atoms with Crippen molar-refractivity contribution in [3.63, 3.8) is 0 Å². The molecule has 4 rings (SSSR count). The van der Waals surface area contributed by atoms with Crippen LogP contribution in [0.5, 0.6) is 0 Å². The zero-order valence-electron chi connectivity index (χ0n) is 19.0. The maximum atomic E-state index is 12.9. The van der Waals surface area contributed by atoms with Gasteiger partial charge in [-0.05, 0) is 25.8 Å². The van der Waals surface area contributed by atoms with E-state index in [-0.39, 0.29) is 17.4 Å². The quantitative estimate of drug-likeness (QED) is 0.569. The summed E-state index contributed by atoms with van der Waals surface area (Å²) in [4.78, 5) is 33.6. The molecule has 0 unspecified atom stereocenters. The molecule has 2 aromatic heterocycles. The van der Waals surface area contributed by atoms with Crippen molar-refractivity contribution >= 4 is 39.3 Å². The standard InChI is InChI=1S/C22H28F3N5O2S2/c1-15-11-18(22(23,24)25)27-30(15)19(31)13-28-7-9-29(10-8-28)21-26-16(14-33-21)12-20(32)34-17-5-3-2-4-6-17/h11,14,17H,2-10,12-13H2,1H3. The predicted molar refractivity (Wildman–Crippen MR) is 127 cm³/mol. The van der Waals surface area contributed by atoms with Gasteiger partial charge >= 0.3 is 6.18 Å². The highest BCUT2D eigenvalue weighted by molar-refractivity contribution is 8.14. The minimum absolute atomic E-state index is 0.00364. The molecule has 1 aliphatic carbocycles. The number of thiazole rings is 1. The molecular formula is C22H28F3N5O2S2. The van der Waals surface area contributed by atoms with Crippen LogP contribution in [0.3, 0.4) is 0 Å². The van der Waals surface area contributed by atoms with Gasteiger partial charge in [0.15, 0.2) is 15.9 Å². The van der Waals surface area contributed by atoms with Gasteiger partial charge in [-0.15, -0.1) is 11.3 Å². The van der Waals surface area contributed by atoms with E-state index in [0.717, 1.165) is 34.4 Å². The molecule has 0 bridgehead atoms. The van der Waals surface area contributed by atoms with E-state index in [0.29, 0.717) is 37.8 Å². The summed E-state index contributed by atoms with van der Waals surface area (Å²) in [5.74, 6) is -0.480. The molecular weight excluding hydrogens is 487 g/mol. The molecule has 186 valence electrons. The molecule has 0 aromatic carbocycles. The van der Waals surface area contributed by atoms with Crippen molar-refractivity contribution in [3.05, 3.63) is 28.5 Å². The van der Waals surface area contributed by atoms with E-state index >= 15 is 0 Å². The Kier molecular flexibility index (Phi) is 7.98. The Morgan fingerprint density at radius 3 is 2.50 bits per heavy atom. The number of anilines is 1. The summed E-state index contributed by atoms with van der Waals surface area (Å²) in [6, 6.07) is 0.883. The molecule has 0 radical (unpaired) electrons. The number of nitrogens with zero attached hydrogens (tertiary/aromatic N) is 5. The smallest absolute Gasteiger partial charge is 0.346 e. The highest BCUT2D eigenvalue weighted by Gasteiger charge is 2.35. The van der Waals surface area contributed by atoms with Crippen LogP contribution in [0, 0.1) is 6.92 Å². The number of hydrogen-bond acceptors (Lipinski definition) is 8. The molecule has 1 aliphatic heterocycles. The van der Waals surface area contributed by atoms with E-state index < -0.39 is 17.8 Å². The number of carbonyl (C=O) groups excluding carboxylic acids is 2. The summed E-state index contributed by atoms with van der Waals surface area (Å²) in [5, 5.41) is 6.85. The van der Waals surface area contributed by atoms with Gasteiger partial charge in [0.05, 0.1) is 18.7 Å². The second-order valence-corrected chi connectivity index (χ2v) is 11.0. The minimum Gasteiger partial charge on any atom is -0.346 e. The zero-order chi connectivity index (χ0) is 24.3. The summed E-state index contributed by atoms with van der Waals surface area (Å²) in [6.07, 6.45) is 1.69. The number of piperazine rings is 1. The van der Waals surface area contributed by atoms with Crippen molar-refractivity contribution in [3.8, 4) is 0 Å². The van der Waals surface area contributed by atoms with E-state index in [9.17, 15) is 22.8 Å². The molecule has 2 aliphatic rings. The molecule has 12 heteroatoms. The van der Waals surface area contributed by atoms with E-state index in [1.54, 1.807) is 0 Å². The minimum atomic E-state index is -4.58. The van der Waals surface area contributed by atoms with Crippen LogP contribution < -0.4 is 4.90 Å². The SMILES string of the molecule is Cc1cc(C(F)(F)F)nn1C(=O)CN1CCN(c2nc(CC(=O)SC3CCCCC3)cs2)CC1. The second-order valence-electron chi connectivity index (χ2n) is 8.79. The van der Waals surface area contributed by atoms with Crippen LogP contribution in [0.15, 0.2) is 11.4 Å². The molecule has 0 amide bonds. The maximum Gasteiger partial charge on any atom is 0.435 e. The van der Waals surface area contributed by atoms with Crippen LogP contribution in [-0.2, 0) is 17.4 Å². The molecule has 2 fully saturated rings. The fraction of sp³-hybridized carbons (Fsp3) is 0.636. The second kappa shape index (κ2) is 10.8. The molecule has 7 nitrogen and oxygen atoms in total. The maximum absolute atomic E-state index is 12.9. The molecule has 2 aromatic rings. The Bertz CT molecular complexity index is 1010. The van der Waals surface area contributed by atoms with Crippen molar-refractivity contribution in [1.29, 1.82) is 0 Å². The molecule has 0 spiro atoms. The number of alkyl halides is 3. The van der Waals surface area contributed by atoms with E-state index in [2.05, 4.69) is 15.0 Å². The first-order valence-corrected chi connectivity index (χ1v) is 13.2. The van der Waals surface area contributed by atoms with E-state index in [1.165, 1.54) is 49.3 Å². The Labute approximate surface area is 204 Å². The number of aromatic nitrogens is 3. The number of carbonyl (C=O) groups is 2. The summed E-state index contributed by atoms with van der Waals surface area (Å²) < 4.78 is 39.4. The van der Waals surface area contributed by atoms with Gasteiger partial charge in [-0.2, -0.15) is 18.3 Å². The van der Waals surface area contributed by atoms with Gasteiger partial charge in [0.25, 0.3) is 5.91 Å². The van der Waals surface area contributed by atoms with Gasteiger partial charge < -0.3 is 4.90 Å². The molecule has 34 heavy (non-hydrogen) atoms. The van der Waals surface area contributed by atoms with Crippen molar-refractivity contribution < 1.29 is 22.8 Å². The topological polar surface area (TPSA) is 71.3 Å². The summed E-state index contributed by atoms with van der Waals surface area (Å²) in [6.45, 7) is 3.92. The largest absolute Gasteiger partial charge is 0.435 e. The van der Waals surface area contributed by atoms with Crippen LogP contribution in [-0.4, -0.2) is 68.7 Å². The summed E-state index contributed by atoms with van der Waals surface area (Å²) >= 11 is 2.98. The number of aryl methyl sites for hydroxylation is 1. The Morgan fingerprint density at radius 2 is 1.85 bits per heavy atom. The molecule has 0 atom stereocenters. The van der Waals surface area contributed by atoms with E-state index in [1.807, 2.05) is 10.3 Å². The van der Waals surface area contributed by atoms with Gasteiger partial charge in [0, 0.05) is 42.5 Å². The third-order valence-corrected chi connectivity index (χ3v) is 8.29. The third kappa shape index (κ3) is 6.39. The number of halogens is 3. The lowest BCUT2D eigenvalue weighted by atomic mass is 10.0. The summed E-state index contributed by atoms with van der Waals surface area (Å²) in [7, 11) is 0. The predicted octanol–water partition coefficient (Wildman–Crippen LogP) is 4.26. The summed E-state index contributed by atoms with van der Waals surface area (Å²) in [5.41, 5.74) is -0.0959. The van der Waals surface area contributed by atoms with Crippen LogP contribution in [0.1, 0.15) is 54.0 Å². The van der Waals surface area contributed by atoms with Crippen LogP contribution >= 0.6 is 23.1 Å². The molecule has 1 saturated carbocycles. The highest BCUT2D eigenvalue weighted by Crippen LogP contribution is 2.30. The van der Waals surface area contributed by atoms with Crippen molar-refractivity contribution in [2.24, 2.45) is 0 Å². The highest BCUT2D eigenvalue weighted by atomic mass is 32.2. The average molecular weight is 516 g/mol. The van der Waals surface area contributed by atoms with Crippen LogP contribution in [0.4, 0.5) is 18.3 Å². The molecule has 0 N–H and O–H groups in total. The van der Waals surface area contributed by atoms with Crippen molar-refractivity contribution in [2.75, 3.05) is 37.6 Å².